The van der Waals surface area contributed by atoms with Gasteiger partial charge in [0.2, 0.25) is 11.8 Å². The topological polar surface area (TPSA) is 244 Å². The van der Waals surface area contributed by atoms with Crippen LogP contribution in [0.3, 0.4) is 0 Å². The number of aromatic nitrogens is 6. The van der Waals surface area contributed by atoms with Crippen LogP contribution in [-0.2, 0) is 35.6 Å². The van der Waals surface area contributed by atoms with Gasteiger partial charge in [0.05, 0.1) is 29.5 Å². The molecule has 0 spiro atoms. The lowest BCUT2D eigenvalue weighted by Crippen LogP contribution is -2.30. The molecule has 4 amide bonds. The van der Waals surface area contributed by atoms with Gasteiger partial charge in [-0.05, 0) is 121 Å². The van der Waals surface area contributed by atoms with Gasteiger partial charge in [0.1, 0.15) is 34.4 Å². The van der Waals surface area contributed by atoms with E-state index in [-0.39, 0.29) is 76.2 Å². The van der Waals surface area contributed by atoms with Gasteiger partial charge >= 0.3 is 0 Å². The lowest BCUT2D eigenvalue weighted by Gasteiger charge is -2.17. The van der Waals surface area contributed by atoms with Crippen LogP contribution >= 0.6 is 11.6 Å². The highest BCUT2D eigenvalue weighted by molar-refractivity contribution is 6.30. The fourth-order valence-corrected chi connectivity index (χ4v) is 10.1. The molecule has 4 aliphatic rings. The average molecular weight is 1100 g/mol. The average Bonchev–Trinajstić information content (AvgIpc) is 4.35. The monoisotopic (exact) mass is 1100 g/mol. The number of carbonyl (C=O) groups is 4. The van der Waals surface area contributed by atoms with Crippen molar-refractivity contribution < 1.29 is 42.0 Å². The number of aliphatic imine (C=N–C) groups is 2. The molecule has 4 aromatic carbocycles. The van der Waals surface area contributed by atoms with E-state index in [0.717, 1.165) is 68.1 Å². The minimum absolute atomic E-state index is 0.0119. The number of amides is 4. The van der Waals surface area contributed by atoms with Crippen LogP contribution in [-0.4, -0.2) is 64.5 Å². The maximum Gasteiger partial charge on any atom is 0.270 e. The van der Waals surface area contributed by atoms with Crippen LogP contribution in [0.25, 0.3) is 11.3 Å². The number of nitrogens with one attached hydrogen (secondary N) is 6. The highest BCUT2D eigenvalue weighted by atomic mass is 35.5. The van der Waals surface area contributed by atoms with Gasteiger partial charge in [0.25, 0.3) is 23.6 Å². The molecule has 6 N–H and O–H groups in total. The Morgan fingerprint density at radius 2 is 1.30 bits per heavy atom. The van der Waals surface area contributed by atoms with E-state index in [1.54, 1.807) is 25.1 Å². The number of hydroxylamine groups is 2. The van der Waals surface area contributed by atoms with E-state index in [9.17, 15) is 32.3 Å². The molecule has 0 saturated heterocycles. The second-order valence-electron chi connectivity index (χ2n) is 19.0. The molecule has 2 aliphatic carbocycles. The molecule has 6 heterocycles. The van der Waals surface area contributed by atoms with Gasteiger partial charge in [-0.3, -0.25) is 19.2 Å². The van der Waals surface area contributed by atoms with Gasteiger partial charge in [0, 0.05) is 42.4 Å². The van der Waals surface area contributed by atoms with Gasteiger partial charge < -0.3 is 30.9 Å². The first-order valence-corrected chi connectivity index (χ1v) is 25.4. The van der Waals surface area contributed by atoms with E-state index in [1.807, 2.05) is 37.3 Å². The molecular formula is C56H46ClF3N14O6. The normalized spacial score (nSPS) is 15.8. The summed E-state index contributed by atoms with van der Waals surface area (Å²) in [4.78, 5) is 80.0. The van der Waals surface area contributed by atoms with Crippen LogP contribution < -0.4 is 32.2 Å². The first-order valence-electron chi connectivity index (χ1n) is 25.0. The molecule has 24 heteroatoms. The first kappa shape index (κ1) is 52.2. The van der Waals surface area contributed by atoms with Crippen LogP contribution in [0.1, 0.15) is 123 Å². The number of halogens is 4. The number of hydrogen-bond acceptors (Lipinski definition) is 14. The summed E-state index contributed by atoms with van der Waals surface area (Å²) in [6.07, 6.45) is 5.32. The second-order valence-corrected chi connectivity index (χ2v) is 19.5. The molecule has 4 aromatic heterocycles. The van der Waals surface area contributed by atoms with E-state index < -0.39 is 29.4 Å². The Balaban J connectivity index is 0.000000169. The van der Waals surface area contributed by atoms with Crippen molar-refractivity contribution in [2.75, 3.05) is 0 Å². The van der Waals surface area contributed by atoms with Crippen molar-refractivity contribution in [3.8, 4) is 0 Å². The van der Waals surface area contributed by atoms with Gasteiger partial charge in [0.15, 0.2) is 28.8 Å². The summed E-state index contributed by atoms with van der Waals surface area (Å²) in [5.41, 5.74) is 14.4. The van der Waals surface area contributed by atoms with Crippen molar-refractivity contribution in [3.05, 3.63) is 223 Å². The largest absolute Gasteiger partial charge is 0.361 e. The SMILES string of the molecule is C=C1N=C(c2ccc3c(c2)CC[C@@H]3NC(=O)c2cc(C(=O)NCc3ccc(F)c(Cl)c3)nc3c(F)cnn23)NO1.C=C1N=C(c2ccc3c(c2C)CC[C@@H]3NC(=O)c2cc(C(=O)NCc3ccc(F)c(C)c3)nc3ccnn23)NO1. The number of carbonyl (C=O) groups excluding carboxylic acids is 4. The minimum atomic E-state index is -0.789. The quantitative estimate of drug-likeness (QED) is 0.0704. The number of benzene rings is 4. The highest BCUT2D eigenvalue weighted by Gasteiger charge is 2.31. The molecule has 2 atom stereocenters. The van der Waals surface area contributed by atoms with E-state index in [4.69, 9.17) is 21.3 Å². The molecule has 12 rings (SSSR count). The third kappa shape index (κ3) is 10.5. The van der Waals surface area contributed by atoms with Crippen LogP contribution in [0.4, 0.5) is 13.2 Å². The Hall–Kier alpha value is -9.90. The molecule has 0 saturated carbocycles. The zero-order valence-electron chi connectivity index (χ0n) is 42.6. The zero-order valence-corrected chi connectivity index (χ0v) is 43.3. The molecule has 0 unspecified atom stereocenters. The van der Waals surface area contributed by atoms with Crippen molar-refractivity contribution in [1.29, 1.82) is 0 Å². The predicted octanol–water partition coefficient (Wildman–Crippen LogP) is 7.35. The maximum atomic E-state index is 14.5. The van der Waals surface area contributed by atoms with Crippen molar-refractivity contribution in [2.45, 2.75) is 64.7 Å². The lowest BCUT2D eigenvalue weighted by atomic mass is 9.97. The van der Waals surface area contributed by atoms with E-state index in [1.165, 1.54) is 47.1 Å². The fourth-order valence-electron chi connectivity index (χ4n) is 9.88. The van der Waals surface area contributed by atoms with Crippen LogP contribution in [0.15, 0.2) is 132 Å². The number of fused-ring (bicyclic) bond motifs is 4. The van der Waals surface area contributed by atoms with Crippen molar-refractivity contribution in [1.82, 2.24) is 61.4 Å². The number of nitrogens with zero attached hydrogens (tertiary/aromatic N) is 8. The van der Waals surface area contributed by atoms with E-state index >= 15 is 0 Å². The van der Waals surface area contributed by atoms with Crippen molar-refractivity contribution >= 4 is 58.2 Å². The standard InChI is InChI=1S/C29H26FN7O3.C27H20ClF2N7O3/c1-15-12-18(4-8-22(15)30)14-31-28(38)24-13-25(37-26(34-24)10-11-32-37)29(39)35-23-9-7-19-16(2)20(5-6-21(19)23)27-33-17(3)40-36-27;1-13-33-24(36-40-13)16-3-5-17-15(9-16)4-7-21(17)35-27(39)23-10-22(34-25-20(30)12-32-37(23)25)26(38)31-11-14-2-6-19(29)18(28)8-14/h4-6,8,10-13,23H,3,7,9,14H2,1-2H3,(H,31,38)(H,33,36)(H,35,39);2-3,5-6,8-10,12,21H,1,4,7,11H2,(H,31,38)(H,33,36)(H,35,39)/t23-;21-/m00/s1. The Morgan fingerprint density at radius 3 is 1.98 bits per heavy atom. The molecule has 404 valence electrons. The van der Waals surface area contributed by atoms with Crippen LogP contribution in [0, 0.1) is 31.3 Å². The third-order valence-electron chi connectivity index (χ3n) is 13.9. The molecule has 20 nitrogen and oxygen atoms in total. The summed E-state index contributed by atoms with van der Waals surface area (Å²) < 4.78 is 44.0. The maximum absolute atomic E-state index is 14.5. The fraction of sp³-hybridized carbons (Fsp3) is 0.179. The van der Waals surface area contributed by atoms with Crippen molar-refractivity contribution in [2.24, 2.45) is 9.98 Å². The summed E-state index contributed by atoms with van der Waals surface area (Å²) in [5, 5.41) is 19.6. The minimum Gasteiger partial charge on any atom is -0.361 e. The zero-order chi connectivity index (χ0) is 55.9. The van der Waals surface area contributed by atoms with Gasteiger partial charge in [-0.15, -0.1) is 0 Å². The number of aryl methyl sites for hydroxylation is 2. The molecule has 0 bridgehead atoms. The van der Waals surface area contributed by atoms with Crippen LogP contribution in [0.5, 0.6) is 0 Å². The van der Waals surface area contributed by atoms with E-state index in [2.05, 4.69) is 75.5 Å². The molecule has 80 heavy (non-hydrogen) atoms. The molecule has 8 aromatic rings. The summed E-state index contributed by atoms with van der Waals surface area (Å²) >= 11 is 5.80. The third-order valence-corrected chi connectivity index (χ3v) is 14.2. The molecule has 0 fully saturated rings. The summed E-state index contributed by atoms with van der Waals surface area (Å²) in [6, 6.07) is 22.2. The Morgan fingerprint density at radius 1 is 0.675 bits per heavy atom. The van der Waals surface area contributed by atoms with Gasteiger partial charge in [-0.2, -0.15) is 20.2 Å². The van der Waals surface area contributed by atoms with Crippen molar-refractivity contribution in [3.63, 3.8) is 0 Å². The Labute approximate surface area is 457 Å². The number of rotatable bonds is 12. The van der Waals surface area contributed by atoms with Crippen LogP contribution in [0.2, 0.25) is 5.02 Å². The van der Waals surface area contributed by atoms with Gasteiger partial charge in [-0.1, -0.05) is 54.1 Å². The molecule has 0 radical (unpaired) electrons. The second kappa shape index (κ2) is 21.5. The number of amidine groups is 2. The summed E-state index contributed by atoms with van der Waals surface area (Å²) in [5.74, 6) is -1.98. The van der Waals surface area contributed by atoms with E-state index in [0.29, 0.717) is 47.2 Å². The molecular weight excluding hydrogens is 1060 g/mol. The summed E-state index contributed by atoms with van der Waals surface area (Å²) in [7, 11) is 0. The molecule has 2 aliphatic heterocycles. The highest BCUT2D eigenvalue weighted by Crippen LogP contribution is 2.36. The Kier molecular flexibility index (Phi) is 14.0. The number of hydrogen-bond donors (Lipinski definition) is 6. The lowest BCUT2D eigenvalue weighted by molar-refractivity contribution is 0.0916. The smallest absolute Gasteiger partial charge is 0.270 e. The Bertz CT molecular complexity index is 4010. The summed E-state index contributed by atoms with van der Waals surface area (Å²) in [6.45, 7) is 11.2. The van der Waals surface area contributed by atoms with Gasteiger partial charge in [-0.25, -0.2) is 43.1 Å². The first-order chi connectivity index (χ1) is 38.5. The predicted molar refractivity (Wildman–Crippen MR) is 285 cm³/mol.